The fraction of sp³-hybridized carbons (Fsp3) is 0.318. The van der Waals surface area contributed by atoms with E-state index < -0.39 is 0 Å². The average molecular weight is 408 g/mol. The van der Waals surface area contributed by atoms with Crippen LogP contribution in [0.5, 0.6) is 0 Å². The lowest BCUT2D eigenvalue weighted by Crippen LogP contribution is -2.41. The lowest BCUT2D eigenvalue weighted by Gasteiger charge is -2.33. The van der Waals surface area contributed by atoms with Crippen molar-refractivity contribution in [1.29, 1.82) is 0 Å². The molecule has 1 aliphatic rings. The molecule has 0 bridgehead atoms. The van der Waals surface area contributed by atoms with Gasteiger partial charge in [0.05, 0.1) is 6.04 Å². The quantitative estimate of drug-likeness (QED) is 0.679. The molecule has 2 N–H and O–H groups in total. The second kappa shape index (κ2) is 7.91. The molecule has 2 atom stereocenters. The number of aromatic nitrogens is 3. The molecule has 2 aromatic carbocycles. The Hall–Kier alpha value is -2.80. The zero-order valence-electron chi connectivity index (χ0n) is 17.1. The van der Waals surface area contributed by atoms with E-state index in [1.165, 1.54) is 17.3 Å². The third kappa shape index (κ3) is 4.00. The van der Waals surface area contributed by atoms with Crippen LogP contribution >= 0.6 is 11.8 Å². The molecule has 0 spiro atoms. The van der Waals surface area contributed by atoms with Crippen molar-refractivity contribution in [2.75, 3.05) is 10.7 Å². The van der Waals surface area contributed by atoms with Crippen LogP contribution in [0.15, 0.2) is 47.6 Å². The van der Waals surface area contributed by atoms with Crippen LogP contribution in [0.2, 0.25) is 0 Å². The Kier molecular flexibility index (Phi) is 5.32. The monoisotopic (exact) mass is 407 g/mol. The first kappa shape index (κ1) is 19.5. The first-order chi connectivity index (χ1) is 13.9. The molecular weight excluding hydrogens is 382 g/mol. The van der Waals surface area contributed by atoms with E-state index >= 15 is 0 Å². The largest absolute Gasteiger partial charge is 0.325 e. The first-order valence-electron chi connectivity index (χ1n) is 9.78. The van der Waals surface area contributed by atoms with E-state index in [0.29, 0.717) is 5.16 Å². The van der Waals surface area contributed by atoms with Crippen LogP contribution in [0.3, 0.4) is 0 Å². The van der Waals surface area contributed by atoms with Gasteiger partial charge in [-0.15, -0.1) is 10.2 Å². The molecule has 7 heteroatoms. The number of hydrogen-bond donors (Lipinski definition) is 2. The average Bonchev–Trinajstić information content (AvgIpc) is 3.09. The highest BCUT2D eigenvalue weighted by atomic mass is 32.2. The van der Waals surface area contributed by atoms with Crippen molar-refractivity contribution >= 4 is 23.4 Å². The Morgan fingerprint density at radius 1 is 1.07 bits per heavy atom. The first-order valence-corrected chi connectivity index (χ1v) is 10.7. The SMILES string of the molecule is CCc1nnc2n1N[C@H](c1ccc(C)cc1)[C@H](C(=O)Nc1cc(C)cc(C)c1)S2. The second-order valence-corrected chi connectivity index (χ2v) is 8.62. The number of carbonyl (C=O) groups excluding carboxylic acids is 1. The Labute approximate surface area is 175 Å². The van der Waals surface area contributed by atoms with Gasteiger partial charge in [-0.1, -0.05) is 54.6 Å². The molecule has 0 fully saturated rings. The van der Waals surface area contributed by atoms with E-state index in [9.17, 15) is 4.79 Å². The summed E-state index contributed by atoms with van der Waals surface area (Å²) in [5.74, 6) is 0.808. The molecule has 2 heterocycles. The number of anilines is 1. The fourth-order valence-electron chi connectivity index (χ4n) is 3.61. The van der Waals surface area contributed by atoms with Gasteiger partial charge >= 0.3 is 0 Å². The third-order valence-corrected chi connectivity index (χ3v) is 6.22. The summed E-state index contributed by atoms with van der Waals surface area (Å²) >= 11 is 1.45. The number of rotatable bonds is 4. The molecule has 0 saturated heterocycles. The van der Waals surface area contributed by atoms with Gasteiger partial charge in [0.2, 0.25) is 11.1 Å². The van der Waals surface area contributed by atoms with E-state index in [2.05, 4.69) is 58.2 Å². The Balaban J connectivity index is 1.67. The number of aryl methyl sites for hydroxylation is 4. The zero-order chi connectivity index (χ0) is 20.5. The van der Waals surface area contributed by atoms with Gasteiger partial charge in [0, 0.05) is 12.1 Å². The number of benzene rings is 2. The zero-order valence-corrected chi connectivity index (χ0v) is 17.9. The van der Waals surface area contributed by atoms with Crippen molar-refractivity contribution in [3.05, 3.63) is 70.5 Å². The standard InChI is InChI=1S/C22H25N5OS/c1-5-18-24-25-22-27(18)26-19(16-8-6-13(2)7-9-16)20(29-22)21(28)23-17-11-14(3)10-15(4)12-17/h6-12,19-20,26H,5H2,1-4H3,(H,23,28)/t19-,20-/m1/s1. The Morgan fingerprint density at radius 3 is 2.41 bits per heavy atom. The van der Waals surface area contributed by atoms with E-state index in [-0.39, 0.29) is 17.2 Å². The molecule has 4 rings (SSSR count). The van der Waals surface area contributed by atoms with Gasteiger partial charge < -0.3 is 10.7 Å². The van der Waals surface area contributed by atoms with Gasteiger partial charge in [0.25, 0.3) is 0 Å². The predicted octanol–water partition coefficient (Wildman–Crippen LogP) is 4.16. The van der Waals surface area contributed by atoms with E-state index in [4.69, 9.17) is 0 Å². The summed E-state index contributed by atoms with van der Waals surface area (Å²) in [5.41, 5.74) is 8.79. The molecule has 0 aliphatic carbocycles. The minimum absolute atomic E-state index is 0.0506. The lowest BCUT2D eigenvalue weighted by atomic mass is 10.0. The maximum atomic E-state index is 13.3. The van der Waals surface area contributed by atoms with Gasteiger partial charge in [-0.2, -0.15) is 0 Å². The minimum Gasteiger partial charge on any atom is -0.325 e. The van der Waals surface area contributed by atoms with E-state index in [1.54, 1.807) is 0 Å². The van der Waals surface area contributed by atoms with Crippen molar-refractivity contribution in [1.82, 2.24) is 14.9 Å². The van der Waals surface area contributed by atoms with Gasteiger partial charge in [-0.05, 0) is 49.6 Å². The molecule has 1 aliphatic heterocycles. The summed E-state index contributed by atoms with van der Waals surface area (Å²) in [6.07, 6.45) is 0.764. The maximum absolute atomic E-state index is 13.3. The molecule has 3 aromatic rings. The maximum Gasteiger partial charge on any atom is 0.240 e. The minimum atomic E-state index is -0.375. The van der Waals surface area contributed by atoms with Gasteiger partial charge in [-0.25, -0.2) is 4.68 Å². The smallest absolute Gasteiger partial charge is 0.240 e. The molecule has 150 valence electrons. The van der Waals surface area contributed by atoms with Crippen LogP contribution in [0.4, 0.5) is 5.69 Å². The highest BCUT2D eigenvalue weighted by Gasteiger charge is 2.37. The highest BCUT2D eigenvalue weighted by Crippen LogP contribution is 2.37. The van der Waals surface area contributed by atoms with Crippen molar-refractivity contribution in [2.45, 2.75) is 50.6 Å². The predicted molar refractivity (Wildman–Crippen MR) is 117 cm³/mol. The molecule has 29 heavy (non-hydrogen) atoms. The molecule has 6 nitrogen and oxygen atoms in total. The molecule has 0 radical (unpaired) electrons. The van der Waals surface area contributed by atoms with Crippen LogP contribution in [0.1, 0.15) is 41.0 Å². The number of nitrogens with zero attached hydrogens (tertiary/aromatic N) is 3. The van der Waals surface area contributed by atoms with Crippen molar-refractivity contribution in [3.8, 4) is 0 Å². The van der Waals surface area contributed by atoms with Crippen LogP contribution in [0.25, 0.3) is 0 Å². The number of amides is 1. The fourth-order valence-corrected chi connectivity index (χ4v) is 4.71. The summed E-state index contributed by atoms with van der Waals surface area (Å²) in [5, 5.41) is 12.0. The highest BCUT2D eigenvalue weighted by molar-refractivity contribution is 8.00. The van der Waals surface area contributed by atoms with E-state index in [0.717, 1.165) is 34.6 Å². The summed E-state index contributed by atoms with van der Waals surface area (Å²) in [7, 11) is 0. The number of thioether (sulfide) groups is 1. The van der Waals surface area contributed by atoms with Crippen LogP contribution in [-0.2, 0) is 11.2 Å². The van der Waals surface area contributed by atoms with Crippen molar-refractivity contribution < 1.29 is 4.79 Å². The van der Waals surface area contributed by atoms with Crippen molar-refractivity contribution in [3.63, 3.8) is 0 Å². The number of carbonyl (C=O) groups is 1. The van der Waals surface area contributed by atoms with Crippen LogP contribution < -0.4 is 10.7 Å². The summed E-state index contributed by atoms with van der Waals surface area (Å²) < 4.78 is 1.91. The normalized spacial score (nSPS) is 18.1. The van der Waals surface area contributed by atoms with Gasteiger partial charge in [0.15, 0.2) is 5.82 Å². The third-order valence-electron chi connectivity index (χ3n) is 5.00. The Bertz CT molecular complexity index is 1020. The van der Waals surface area contributed by atoms with Crippen LogP contribution in [0, 0.1) is 20.8 Å². The van der Waals surface area contributed by atoms with Gasteiger partial charge in [0.1, 0.15) is 5.25 Å². The topological polar surface area (TPSA) is 71.8 Å². The lowest BCUT2D eigenvalue weighted by molar-refractivity contribution is -0.116. The number of hydrogen-bond acceptors (Lipinski definition) is 5. The molecular formula is C22H25N5OS. The summed E-state index contributed by atoms with van der Waals surface area (Å²) in [6.45, 7) is 8.17. The van der Waals surface area contributed by atoms with Gasteiger partial charge in [-0.3, -0.25) is 4.79 Å². The van der Waals surface area contributed by atoms with E-state index in [1.807, 2.05) is 37.6 Å². The Morgan fingerprint density at radius 2 is 1.76 bits per heavy atom. The molecule has 1 amide bonds. The summed E-state index contributed by atoms with van der Waals surface area (Å²) in [4.78, 5) is 13.3. The van der Waals surface area contributed by atoms with Crippen molar-refractivity contribution in [2.24, 2.45) is 0 Å². The summed E-state index contributed by atoms with van der Waals surface area (Å²) in [6, 6.07) is 14.2. The second-order valence-electron chi connectivity index (χ2n) is 7.51. The molecule has 0 saturated carbocycles. The number of nitrogens with one attached hydrogen (secondary N) is 2. The molecule has 0 unspecified atom stereocenters. The molecule has 1 aromatic heterocycles. The number of fused-ring (bicyclic) bond motifs is 1. The van der Waals surface area contributed by atoms with Crippen LogP contribution in [-0.4, -0.2) is 26.0 Å².